The van der Waals surface area contributed by atoms with Crippen LogP contribution in [0.2, 0.25) is 0 Å². The van der Waals surface area contributed by atoms with Crippen LogP contribution in [0.3, 0.4) is 0 Å². The Morgan fingerprint density at radius 1 is 1.27 bits per heavy atom. The second kappa shape index (κ2) is 11.1. The number of piperidine rings is 1. The van der Waals surface area contributed by atoms with E-state index in [9.17, 15) is 0 Å². The van der Waals surface area contributed by atoms with Gasteiger partial charge in [-0.05, 0) is 39.2 Å². The lowest BCUT2D eigenvalue weighted by molar-refractivity contribution is 0.149. The Morgan fingerprint density at radius 2 is 2.00 bits per heavy atom. The molecule has 150 valence electrons. The number of likely N-dealkylation sites (tertiary alicyclic amines) is 1. The zero-order valence-electron chi connectivity index (χ0n) is 17.3. The van der Waals surface area contributed by atoms with E-state index in [1.807, 2.05) is 18.8 Å². The summed E-state index contributed by atoms with van der Waals surface area (Å²) in [6.07, 6.45) is 4.30. The predicted molar refractivity (Wildman–Crippen MR) is 120 cm³/mol. The van der Waals surface area contributed by atoms with Gasteiger partial charge in [-0.15, -0.1) is 24.0 Å². The van der Waals surface area contributed by atoms with E-state index in [4.69, 9.17) is 0 Å². The maximum Gasteiger partial charge on any atom is 0.191 e. The molecule has 26 heavy (non-hydrogen) atoms. The zero-order valence-corrected chi connectivity index (χ0v) is 19.6. The molecule has 0 aliphatic carbocycles. The van der Waals surface area contributed by atoms with Crippen LogP contribution in [0.25, 0.3) is 0 Å². The summed E-state index contributed by atoms with van der Waals surface area (Å²) in [5, 5.41) is 11.8. The first-order valence-corrected chi connectivity index (χ1v) is 9.78. The van der Waals surface area contributed by atoms with Crippen molar-refractivity contribution in [2.45, 2.75) is 72.0 Å². The summed E-state index contributed by atoms with van der Waals surface area (Å²) in [6, 6.07) is 1.13. The maximum atomic E-state index is 4.66. The van der Waals surface area contributed by atoms with Crippen molar-refractivity contribution in [2.75, 3.05) is 20.1 Å². The van der Waals surface area contributed by atoms with Crippen molar-refractivity contribution in [2.24, 2.45) is 12.0 Å². The Balaban J connectivity index is 0.00000338. The van der Waals surface area contributed by atoms with Crippen LogP contribution in [-0.2, 0) is 26.4 Å². The molecule has 6 nitrogen and oxygen atoms in total. The number of aromatic nitrogens is 2. The van der Waals surface area contributed by atoms with Gasteiger partial charge in [-0.1, -0.05) is 20.8 Å². The van der Waals surface area contributed by atoms with Crippen LogP contribution >= 0.6 is 24.0 Å². The smallest absolute Gasteiger partial charge is 0.191 e. The highest BCUT2D eigenvalue weighted by Crippen LogP contribution is 2.17. The molecule has 0 spiro atoms. The van der Waals surface area contributed by atoms with Crippen LogP contribution in [0.4, 0.5) is 0 Å². The van der Waals surface area contributed by atoms with Crippen LogP contribution in [-0.4, -0.2) is 52.9 Å². The normalized spacial score (nSPS) is 21.4. The molecule has 1 aromatic heterocycles. The quantitative estimate of drug-likeness (QED) is 0.377. The van der Waals surface area contributed by atoms with Crippen LogP contribution in [0.15, 0.2) is 4.99 Å². The van der Waals surface area contributed by atoms with Gasteiger partial charge in [0.1, 0.15) is 0 Å². The Morgan fingerprint density at radius 3 is 2.54 bits per heavy atom. The van der Waals surface area contributed by atoms with E-state index < -0.39 is 0 Å². The monoisotopic (exact) mass is 476 g/mol. The SMILES string of the molecule is CCc1nn(C)c(CC)c1CNC(=NC)NC1CCN(CC)C(C)C1.I. The average Bonchev–Trinajstić information content (AvgIpc) is 2.93. The topological polar surface area (TPSA) is 57.5 Å². The number of guanidine groups is 1. The number of halogens is 1. The molecule has 2 heterocycles. The Bertz CT molecular complexity index is 583. The van der Waals surface area contributed by atoms with Crippen molar-refractivity contribution >= 4 is 29.9 Å². The number of rotatable bonds is 6. The molecule has 0 amide bonds. The number of aliphatic imine (C=N–C) groups is 1. The molecule has 0 saturated carbocycles. The van der Waals surface area contributed by atoms with Gasteiger partial charge in [-0.25, -0.2) is 0 Å². The first-order chi connectivity index (χ1) is 12.0. The standard InChI is InChI=1S/C19H36N6.HI/c1-7-17-16(18(8-2)24(6)23-17)13-21-19(20-5)22-15-10-11-25(9-3)14(4)12-15;/h14-15H,7-13H2,1-6H3,(H2,20,21,22);1H. The molecule has 7 heteroatoms. The van der Waals surface area contributed by atoms with Crippen LogP contribution in [0, 0.1) is 0 Å². The van der Waals surface area contributed by atoms with Crippen molar-refractivity contribution < 1.29 is 0 Å². The Kier molecular flexibility index (Phi) is 9.92. The van der Waals surface area contributed by atoms with E-state index in [2.05, 4.69) is 53.3 Å². The Hall–Kier alpha value is -0.830. The third kappa shape index (κ3) is 5.58. The van der Waals surface area contributed by atoms with Crippen molar-refractivity contribution in [3.63, 3.8) is 0 Å². The second-order valence-corrected chi connectivity index (χ2v) is 6.97. The summed E-state index contributed by atoms with van der Waals surface area (Å²) in [6.45, 7) is 12.0. The molecule has 1 aromatic rings. The van der Waals surface area contributed by atoms with Gasteiger partial charge < -0.3 is 15.5 Å². The van der Waals surface area contributed by atoms with Crippen molar-refractivity contribution in [3.05, 3.63) is 17.0 Å². The summed E-state index contributed by atoms with van der Waals surface area (Å²) in [7, 11) is 3.89. The fraction of sp³-hybridized carbons (Fsp3) is 0.789. The molecule has 2 rings (SSSR count). The predicted octanol–water partition coefficient (Wildman–Crippen LogP) is 2.70. The minimum absolute atomic E-state index is 0. The van der Waals surface area contributed by atoms with Gasteiger partial charge in [0.25, 0.3) is 0 Å². The first kappa shape index (κ1) is 23.2. The molecule has 1 aliphatic heterocycles. The third-order valence-corrected chi connectivity index (χ3v) is 5.44. The highest BCUT2D eigenvalue weighted by molar-refractivity contribution is 14.0. The largest absolute Gasteiger partial charge is 0.354 e. The lowest BCUT2D eigenvalue weighted by Gasteiger charge is -2.37. The van der Waals surface area contributed by atoms with Gasteiger partial charge in [-0.3, -0.25) is 9.67 Å². The number of aryl methyl sites for hydroxylation is 2. The molecule has 2 unspecified atom stereocenters. The van der Waals surface area contributed by atoms with Gasteiger partial charge in [0.2, 0.25) is 0 Å². The third-order valence-electron chi connectivity index (χ3n) is 5.44. The van der Waals surface area contributed by atoms with Crippen molar-refractivity contribution in [1.82, 2.24) is 25.3 Å². The molecule has 0 aromatic carbocycles. The minimum Gasteiger partial charge on any atom is -0.354 e. The van der Waals surface area contributed by atoms with E-state index in [-0.39, 0.29) is 24.0 Å². The molecule has 0 bridgehead atoms. The number of nitrogens with one attached hydrogen (secondary N) is 2. The fourth-order valence-corrected chi connectivity index (χ4v) is 3.98. The number of hydrogen-bond acceptors (Lipinski definition) is 3. The number of hydrogen-bond donors (Lipinski definition) is 2. The zero-order chi connectivity index (χ0) is 18.4. The van der Waals surface area contributed by atoms with Gasteiger partial charge >= 0.3 is 0 Å². The lowest BCUT2D eigenvalue weighted by atomic mass is 9.98. The summed E-state index contributed by atoms with van der Waals surface area (Å²) >= 11 is 0. The summed E-state index contributed by atoms with van der Waals surface area (Å²) in [5.41, 5.74) is 3.82. The second-order valence-electron chi connectivity index (χ2n) is 6.97. The van der Waals surface area contributed by atoms with E-state index >= 15 is 0 Å². The van der Waals surface area contributed by atoms with Crippen molar-refractivity contribution in [3.8, 4) is 0 Å². The fourth-order valence-electron chi connectivity index (χ4n) is 3.98. The minimum atomic E-state index is 0. The van der Waals surface area contributed by atoms with Gasteiger partial charge in [0.05, 0.1) is 5.69 Å². The summed E-state index contributed by atoms with van der Waals surface area (Å²) in [4.78, 5) is 6.98. The molecular weight excluding hydrogens is 439 g/mol. The van der Waals surface area contributed by atoms with E-state index in [1.54, 1.807) is 0 Å². The first-order valence-electron chi connectivity index (χ1n) is 9.78. The van der Waals surface area contributed by atoms with Gasteiger partial charge in [-0.2, -0.15) is 5.10 Å². The number of nitrogens with zero attached hydrogens (tertiary/aromatic N) is 4. The van der Waals surface area contributed by atoms with Crippen LogP contribution < -0.4 is 10.6 Å². The van der Waals surface area contributed by atoms with Gasteiger partial charge in [0, 0.05) is 50.5 Å². The highest BCUT2D eigenvalue weighted by Gasteiger charge is 2.25. The highest BCUT2D eigenvalue weighted by atomic mass is 127. The lowest BCUT2D eigenvalue weighted by Crippen LogP contribution is -2.51. The summed E-state index contributed by atoms with van der Waals surface area (Å²) < 4.78 is 2.02. The molecule has 1 aliphatic rings. The van der Waals surface area contributed by atoms with E-state index in [0.29, 0.717) is 12.1 Å². The average molecular weight is 476 g/mol. The van der Waals surface area contributed by atoms with Gasteiger partial charge in [0.15, 0.2) is 5.96 Å². The Labute approximate surface area is 176 Å². The molecule has 0 radical (unpaired) electrons. The molecule has 1 fully saturated rings. The molecule has 2 N–H and O–H groups in total. The molecular formula is C19H37IN6. The van der Waals surface area contributed by atoms with Crippen LogP contribution in [0.5, 0.6) is 0 Å². The van der Waals surface area contributed by atoms with E-state index in [0.717, 1.165) is 38.4 Å². The van der Waals surface area contributed by atoms with Crippen molar-refractivity contribution in [1.29, 1.82) is 0 Å². The van der Waals surface area contributed by atoms with E-state index in [1.165, 1.54) is 29.8 Å². The molecule has 2 atom stereocenters. The summed E-state index contributed by atoms with van der Waals surface area (Å²) in [5.74, 6) is 0.898. The van der Waals surface area contributed by atoms with Crippen LogP contribution in [0.1, 0.15) is 57.5 Å². The molecule has 1 saturated heterocycles. The maximum absolute atomic E-state index is 4.66.